The molecule has 164 valence electrons. The summed E-state index contributed by atoms with van der Waals surface area (Å²) >= 11 is 6.10. The number of halogens is 1. The number of nitrogens with one attached hydrogen (secondary N) is 1. The Hall–Kier alpha value is -3.36. The van der Waals surface area contributed by atoms with E-state index in [-0.39, 0.29) is 4.90 Å². The van der Waals surface area contributed by atoms with Crippen LogP contribution in [0, 0.1) is 13.8 Å². The highest BCUT2D eigenvalue weighted by molar-refractivity contribution is 7.90. The molecule has 0 atom stereocenters. The summed E-state index contributed by atoms with van der Waals surface area (Å²) in [7, 11) is -2.15. The van der Waals surface area contributed by atoms with Crippen LogP contribution >= 0.6 is 11.6 Å². The molecule has 0 saturated carbocycles. The fourth-order valence-corrected chi connectivity index (χ4v) is 4.67. The quantitative estimate of drug-likeness (QED) is 0.446. The van der Waals surface area contributed by atoms with E-state index in [1.807, 2.05) is 55.9 Å². The number of hydrogen-bond acceptors (Lipinski definition) is 4. The van der Waals surface area contributed by atoms with Crippen molar-refractivity contribution in [2.24, 2.45) is 7.05 Å². The number of aryl methyl sites for hydroxylation is 3. The molecule has 0 fully saturated rings. The molecule has 2 aromatic heterocycles. The standard InChI is InChI=1S/C23H21ClN4O3S/c1-15-4-7-19(8-5-15)32(30,31)26-22(29)11-9-20-16(2)25-27(3)23(20)28-13-12-17-14-18(24)6-10-21(17)28/h4-14H,1-3H3,(H,26,29)/b11-9+. The third-order valence-electron chi connectivity index (χ3n) is 5.09. The van der Waals surface area contributed by atoms with E-state index < -0.39 is 15.9 Å². The normalized spacial score (nSPS) is 12.0. The molecular weight excluding hydrogens is 448 g/mol. The minimum atomic E-state index is -3.96. The van der Waals surface area contributed by atoms with Crippen molar-refractivity contribution in [1.82, 2.24) is 19.1 Å². The number of fused-ring (bicyclic) bond motifs is 1. The number of aromatic nitrogens is 3. The highest BCUT2D eigenvalue weighted by Crippen LogP contribution is 2.27. The molecule has 0 aliphatic heterocycles. The minimum absolute atomic E-state index is 0.0283. The van der Waals surface area contributed by atoms with E-state index in [0.29, 0.717) is 16.3 Å². The fourth-order valence-electron chi connectivity index (χ4n) is 3.54. The molecule has 1 N–H and O–H groups in total. The van der Waals surface area contributed by atoms with Crippen LogP contribution in [0.5, 0.6) is 0 Å². The summed E-state index contributed by atoms with van der Waals surface area (Å²) in [5.74, 6) is -0.00538. The molecule has 0 aliphatic carbocycles. The van der Waals surface area contributed by atoms with Crippen molar-refractivity contribution >= 4 is 44.5 Å². The maximum Gasteiger partial charge on any atom is 0.264 e. The molecule has 2 aromatic carbocycles. The lowest BCUT2D eigenvalue weighted by atomic mass is 10.2. The van der Waals surface area contributed by atoms with Crippen LogP contribution in [0.3, 0.4) is 0 Å². The number of carbonyl (C=O) groups excluding carboxylic acids is 1. The zero-order chi connectivity index (χ0) is 23.0. The number of rotatable bonds is 5. The highest BCUT2D eigenvalue weighted by Gasteiger charge is 2.18. The number of benzene rings is 2. The van der Waals surface area contributed by atoms with Crippen molar-refractivity contribution < 1.29 is 13.2 Å². The van der Waals surface area contributed by atoms with Gasteiger partial charge in [0.05, 0.1) is 16.1 Å². The number of amides is 1. The summed E-state index contributed by atoms with van der Waals surface area (Å²) in [6.45, 7) is 3.68. The number of sulfonamides is 1. The van der Waals surface area contributed by atoms with Gasteiger partial charge in [-0.25, -0.2) is 13.1 Å². The Morgan fingerprint density at radius 1 is 1.09 bits per heavy atom. The van der Waals surface area contributed by atoms with E-state index in [9.17, 15) is 13.2 Å². The summed E-state index contributed by atoms with van der Waals surface area (Å²) in [5, 5.41) is 6.08. The summed E-state index contributed by atoms with van der Waals surface area (Å²) < 4.78 is 30.7. The van der Waals surface area contributed by atoms with Gasteiger partial charge in [-0.15, -0.1) is 0 Å². The van der Waals surface area contributed by atoms with Crippen LogP contribution in [0.1, 0.15) is 16.8 Å². The van der Waals surface area contributed by atoms with Gasteiger partial charge in [0.2, 0.25) is 0 Å². The average Bonchev–Trinajstić information content (AvgIpc) is 3.25. The van der Waals surface area contributed by atoms with Crippen molar-refractivity contribution in [2.45, 2.75) is 18.7 Å². The molecule has 0 aliphatic rings. The largest absolute Gasteiger partial charge is 0.301 e. The molecule has 9 heteroatoms. The molecule has 0 bridgehead atoms. The SMILES string of the molecule is Cc1ccc(S(=O)(=O)NC(=O)/C=C/c2c(C)nn(C)c2-n2ccc3cc(Cl)ccc32)cc1. The van der Waals surface area contributed by atoms with Gasteiger partial charge in [-0.05, 0) is 56.3 Å². The summed E-state index contributed by atoms with van der Waals surface area (Å²) in [5.41, 5.74) is 3.25. The van der Waals surface area contributed by atoms with Crippen LogP contribution < -0.4 is 4.72 Å². The number of carbonyl (C=O) groups is 1. The molecule has 7 nitrogen and oxygen atoms in total. The van der Waals surface area contributed by atoms with E-state index in [1.54, 1.807) is 22.9 Å². The molecule has 32 heavy (non-hydrogen) atoms. The van der Waals surface area contributed by atoms with Gasteiger partial charge in [-0.2, -0.15) is 5.10 Å². The van der Waals surface area contributed by atoms with Crippen molar-refractivity contribution in [3.05, 3.63) is 82.6 Å². The summed E-state index contributed by atoms with van der Waals surface area (Å²) in [6, 6.07) is 13.8. The lowest BCUT2D eigenvalue weighted by Gasteiger charge is -2.08. The molecule has 0 saturated heterocycles. The topological polar surface area (TPSA) is 86.0 Å². The minimum Gasteiger partial charge on any atom is -0.301 e. The Balaban J connectivity index is 1.65. The lowest BCUT2D eigenvalue weighted by molar-refractivity contribution is -0.114. The van der Waals surface area contributed by atoms with Gasteiger partial charge in [-0.1, -0.05) is 29.3 Å². The van der Waals surface area contributed by atoms with E-state index in [2.05, 4.69) is 9.82 Å². The van der Waals surface area contributed by atoms with Crippen LogP contribution in [-0.4, -0.2) is 28.7 Å². The maximum atomic E-state index is 12.5. The molecule has 0 radical (unpaired) electrons. The first-order chi connectivity index (χ1) is 15.2. The third-order valence-corrected chi connectivity index (χ3v) is 6.68. The summed E-state index contributed by atoms with van der Waals surface area (Å²) in [4.78, 5) is 12.4. The Morgan fingerprint density at radius 3 is 2.53 bits per heavy atom. The Labute approximate surface area is 191 Å². The number of nitrogens with zero attached hydrogens (tertiary/aromatic N) is 3. The van der Waals surface area contributed by atoms with E-state index >= 15 is 0 Å². The maximum absolute atomic E-state index is 12.5. The monoisotopic (exact) mass is 468 g/mol. The predicted octanol–water partition coefficient (Wildman–Crippen LogP) is 4.15. The van der Waals surface area contributed by atoms with Crippen LogP contribution in [0.25, 0.3) is 22.8 Å². The lowest BCUT2D eigenvalue weighted by Crippen LogP contribution is -2.28. The Kier molecular flexibility index (Phi) is 5.66. The van der Waals surface area contributed by atoms with Crippen LogP contribution in [0.15, 0.2) is 65.7 Å². The van der Waals surface area contributed by atoms with Gasteiger partial charge in [-0.3, -0.25) is 9.48 Å². The van der Waals surface area contributed by atoms with Gasteiger partial charge in [0.25, 0.3) is 15.9 Å². The molecule has 0 spiro atoms. The first kappa shape index (κ1) is 21.9. The highest BCUT2D eigenvalue weighted by atomic mass is 35.5. The van der Waals surface area contributed by atoms with Gasteiger partial charge < -0.3 is 4.57 Å². The van der Waals surface area contributed by atoms with Crippen molar-refractivity contribution in [2.75, 3.05) is 0 Å². The van der Waals surface area contributed by atoms with Crippen molar-refractivity contribution in [3.8, 4) is 5.82 Å². The van der Waals surface area contributed by atoms with Gasteiger partial charge in [0.1, 0.15) is 5.82 Å². The smallest absolute Gasteiger partial charge is 0.264 e. The predicted molar refractivity (Wildman–Crippen MR) is 125 cm³/mol. The second kappa shape index (κ2) is 8.29. The van der Waals surface area contributed by atoms with Gasteiger partial charge in [0, 0.05) is 35.3 Å². The zero-order valence-electron chi connectivity index (χ0n) is 17.7. The van der Waals surface area contributed by atoms with E-state index in [1.165, 1.54) is 18.2 Å². The van der Waals surface area contributed by atoms with Crippen molar-refractivity contribution in [3.63, 3.8) is 0 Å². The second-order valence-corrected chi connectivity index (χ2v) is 9.57. The molecular formula is C23H21ClN4O3S. The zero-order valence-corrected chi connectivity index (χ0v) is 19.3. The molecule has 2 heterocycles. The van der Waals surface area contributed by atoms with Gasteiger partial charge in [0.15, 0.2) is 0 Å². The Morgan fingerprint density at radius 2 is 1.81 bits per heavy atom. The molecule has 4 aromatic rings. The van der Waals surface area contributed by atoms with Crippen molar-refractivity contribution in [1.29, 1.82) is 0 Å². The average molecular weight is 469 g/mol. The molecule has 1 amide bonds. The van der Waals surface area contributed by atoms with Gasteiger partial charge >= 0.3 is 0 Å². The molecule has 0 unspecified atom stereocenters. The van der Waals surface area contributed by atoms with E-state index in [4.69, 9.17) is 11.6 Å². The summed E-state index contributed by atoms with van der Waals surface area (Å²) in [6.07, 6.45) is 4.66. The first-order valence-corrected chi connectivity index (χ1v) is 11.6. The fraction of sp³-hybridized carbons (Fsp3) is 0.130. The Bertz CT molecular complexity index is 1470. The second-order valence-electron chi connectivity index (χ2n) is 7.45. The van der Waals surface area contributed by atoms with E-state index in [0.717, 1.165) is 22.3 Å². The van der Waals surface area contributed by atoms with Crippen LogP contribution in [0.4, 0.5) is 0 Å². The molecule has 4 rings (SSSR count). The number of hydrogen-bond donors (Lipinski definition) is 1. The van der Waals surface area contributed by atoms with Crippen LogP contribution in [-0.2, 0) is 21.9 Å². The third kappa shape index (κ3) is 4.19. The first-order valence-electron chi connectivity index (χ1n) is 9.78. The van der Waals surface area contributed by atoms with Crippen LogP contribution in [0.2, 0.25) is 5.02 Å².